The Morgan fingerprint density at radius 2 is 1.64 bits per heavy atom. The molecule has 0 radical (unpaired) electrons. The number of amides is 1. The Morgan fingerprint density at radius 3 is 2.25 bits per heavy atom. The van der Waals surface area contributed by atoms with Crippen LogP contribution in [-0.4, -0.2) is 16.7 Å². The Balaban J connectivity index is 1.65. The molecule has 0 aliphatic heterocycles. The lowest BCUT2D eigenvalue weighted by Gasteiger charge is -2.10. The first-order valence-corrected chi connectivity index (χ1v) is 9.18. The van der Waals surface area contributed by atoms with Gasteiger partial charge < -0.3 is 10.6 Å². The second-order valence-corrected chi connectivity index (χ2v) is 6.92. The van der Waals surface area contributed by atoms with Gasteiger partial charge in [0.1, 0.15) is 5.82 Å². The molecule has 0 aliphatic carbocycles. The predicted octanol–water partition coefficient (Wildman–Crippen LogP) is 5.40. The van der Waals surface area contributed by atoms with Crippen LogP contribution in [0.1, 0.15) is 53.0 Å². The molecule has 0 unspecified atom stereocenters. The largest absolute Gasteiger partial charge is 0.340 e. The fraction of sp³-hybridized carbons (Fsp3) is 0.174. The lowest BCUT2D eigenvalue weighted by Crippen LogP contribution is -2.12. The van der Waals surface area contributed by atoms with E-state index < -0.39 is 0 Å². The second kappa shape index (κ2) is 8.48. The average molecular weight is 373 g/mol. The van der Waals surface area contributed by atoms with Gasteiger partial charge >= 0.3 is 0 Å². The number of rotatable bonds is 6. The molecule has 5 heteroatoms. The van der Waals surface area contributed by atoms with Gasteiger partial charge in [0.15, 0.2) is 5.78 Å². The van der Waals surface area contributed by atoms with Crippen LogP contribution in [0.4, 0.5) is 17.2 Å². The summed E-state index contributed by atoms with van der Waals surface area (Å²) in [5.74, 6) is 0.823. The lowest BCUT2D eigenvalue weighted by molar-refractivity contribution is 0.101. The zero-order chi connectivity index (χ0) is 20.1. The van der Waals surface area contributed by atoms with Crippen molar-refractivity contribution < 1.29 is 9.59 Å². The van der Waals surface area contributed by atoms with Gasteiger partial charge in [0.2, 0.25) is 0 Å². The van der Waals surface area contributed by atoms with Crippen molar-refractivity contribution in [2.75, 3.05) is 10.6 Å². The number of hydrogen-bond donors (Lipinski definition) is 2. The molecule has 28 heavy (non-hydrogen) atoms. The van der Waals surface area contributed by atoms with E-state index in [1.54, 1.807) is 36.4 Å². The highest BCUT2D eigenvalue weighted by molar-refractivity contribution is 6.05. The van der Waals surface area contributed by atoms with Gasteiger partial charge in [-0.1, -0.05) is 38.1 Å². The Bertz CT molecular complexity index is 977. The molecule has 5 nitrogen and oxygen atoms in total. The molecule has 2 aromatic carbocycles. The van der Waals surface area contributed by atoms with Gasteiger partial charge in [0.25, 0.3) is 5.91 Å². The van der Waals surface area contributed by atoms with E-state index in [-0.39, 0.29) is 11.7 Å². The first-order chi connectivity index (χ1) is 13.4. The van der Waals surface area contributed by atoms with Crippen LogP contribution in [-0.2, 0) is 0 Å². The van der Waals surface area contributed by atoms with Crippen molar-refractivity contribution in [3.63, 3.8) is 0 Å². The van der Waals surface area contributed by atoms with E-state index in [1.807, 2.05) is 12.1 Å². The predicted molar refractivity (Wildman–Crippen MR) is 112 cm³/mol. The molecule has 1 amide bonds. The van der Waals surface area contributed by atoms with E-state index in [4.69, 9.17) is 0 Å². The van der Waals surface area contributed by atoms with Crippen LogP contribution in [0.5, 0.6) is 0 Å². The fourth-order valence-corrected chi connectivity index (χ4v) is 2.72. The summed E-state index contributed by atoms with van der Waals surface area (Å²) in [6.07, 6.45) is 1.52. The van der Waals surface area contributed by atoms with Crippen molar-refractivity contribution in [3.8, 4) is 0 Å². The number of nitrogens with one attached hydrogen (secondary N) is 2. The maximum absolute atomic E-state index is 12.4. The first-order valence-electron chi connectivity index (χ1n) is 9.18. The number of benzene rings is 2. The minimum Gasteiger partial charge on any atom is -0.340 e. The fourth-order valence-electron chi connectivity index (χ4n) is 2.72. The number of carbonyl (C=O) groups is 2. The molecule has 3 rings (SSSR count). The maximum atomic E-state index is 12.4. The maximum Gasteiger partial charge on any atom is 0.257 e. The molecule has 0 saturated carbocycles. The molecule has 0 atom stereocenters. The topological polar surface area (TPSA) is 71.1 Å². The SMILES string of the molecule is CC(=O)c1cccc(NC(=O)c2ccc(Nc3ccc(C(C)C)cc3)nc2)c1. The van der Waals surface area contributed by atoms with Gasteiger partial charge in [-0.15, -0.1) is 0 Å². The third-order valence-electron chi connectivity index (χ3n) is 4.40. The van der Waals surface area contributed by atoms with Gasteiger partial charge in [0, 0.05) is 23.1 Å². The van der Waals surface area contributed by atoms with Crippen molar-refractivity contribution in [2.24, 2.45) is 0 Å². The minimum absolute atomic E-state index is 0.0466. The summed E-state index contributed by atoms with van der Waals surface area (Å²) in [6, 6.07) is 18.5. The van der Waals surface area contributed by atoms with E-state index >= 15 is 0 Å². The number of pyridine rings is 1. The molecule has 2 N–H and O–H groups in total. The van der Waals surface area contributed by atoms with Crippen molar-refractivity contribution in [1.29, 1.82) is 0 Å². The highest BCUT2D eigenvalue weighted by Gasteiger charge is 2.08. The van der Waals surface area contributed by atoms with E-state index in [9.17, 15) is 9.59 Å². The third-order valence-corrected chi connectivity index (χ3v) is 4.40. The Morgan fingerprint density at radius 1 is 0.893 bits per heavy atom. The van der Waals surface area contributed by atoms with Crippen LogP contribution in [0.2, 0.25) is 0 Å². The summed E-state index contributed by atoms with van der Waals surface area (Å²) in [5, 5.41) is 6.01. The average Bonchev–Trinajstić information content (AvgIpc) is 2.69. The van der Waals surface area contributed by atoms with Crippen molar-refractivity contribution in [1.82, 2.24) is 4.98 Å². The van der Waals surface area contributed by atoms with Crippen molar-refractivity contribution >= 4 is 28.9 Å². The van der Waals surface area contributed by atoms with Crippen LogP contribution in [0.15, 0.2) is 66.9 Å². The summed E-state index contributed by atoms with van der Waals surface area (Å²) >= 11 is 0. The number of ketones is 1. The number of Topliss-reactive ketones (excluding diaryl/α,β-unsaturated/α-hetero) is 1. The highest BCUT2D eigenvalue weighted by atomic mass is 16.1. The highest BCUT2D eigenvalue weighted by Crippen LogP contribution is 2.20. The van der Waals surface area contributed by atoms with E-state index in [0.29, 0.717) is 28.6 Å². The molecule has 142 valence electrons. The van der Waals surface area contributed by atoms with E-state index in [2.05, 4.69) is 41.6 Å². The third kappa shape index (κ3) is 4.82. The van der Waals surface area contributed by atoms with E-state index in [0.717, 1.165) is 5.69 Å². The van der Waals surface area contributed by atoms with Crippen LogP contribution >= 0.6 is 0 Å². The molecular weight excluding hydrogens is 350 g/mol. The smallest absolute Gasteiger partial charge is 0.257 e. The Hall–Kier alpha value is -3.47. The standard InChI is InChI=1S/C23H23N3O2/c1-15(2)17-7-10-20(11-8-17)25-22-12-9-19(14-24-22)23(28)26-21-6-4-5-18(13-21)16(3)27/h4-15H,1-3H3,(H,24,25)(H,26,28). The molecule has 0 bridgehead atoms. The van der Waals surface area contributed by atoms with Crippen LogP contribution < -0.4 is 10.6 Å². The van der Waals surface area contributed by atoms with E-state index in [1.165, 1.54) is 18.7 Å². The first kappa shape index (κ1) is 19.3. The van der Waals surface area contributed by atoms with Gasteiger partial charge in [0.05, 0.1) is 5.56 Å². The van der Waals surface area contributed by atoms with Crippen molar-refractivity contribution in [3.05, 3.63) is 83.6 Å². The lowest BCUT2D eigenvalue weighted by atomic mass is 10.0. The minimum atomic E-state index is -0.277. The summed E-state index contributed by atoms with van der Waals surface area (Å²) in [7, 11) is 0. The molecule has 0 spiro atoms. The molecule has 0 aliphatic rings. The second-order valence-electron chi connectivity index (χ2n) is 6.92. The zero-order valence-electron chi connectivity index (χ0n) is 16.2. The number of nitrogens with zero attached hydrogens (tertiary/aromatic N) is 1. The van der Waals surface area contributed by atoms with Crippen molar-refractivity contribution in [2.45, 2.75) is 26.7 Å². The summed E-state index contributed by atoms with van der Waals surface area (Å²) in [5.41, 5.74) is 3.78. The summed E-state index contributed by atoms with van der Waals surface area (Å²) in [4.78, 5) is 28.2. The van der Waals surface area contributed by atoms with Gasteiger partial charge in [-0.25, -0.2) is 4.98 Å². The molecule has 1 heterocycles. The van der Waals surface area contributed by atoms with Gasteiger partial charge in [-0.2, -0.15) is 0 Å². The summed E-state index contributed by atoms with van der Waals surface area (Å²) in [6.45, 7) is 5.81. The Labute approximate surface area is 164 Å². The number of anilines is 3. The number of carbonyl (C=O) groups excluding carboxylic acids is 2. The molecular formula is C23H23N3O2. The number of hydrogen-bond acceptors (Lipinski definition) is 4. The normalized spacial score (nSPS) is 10.6. The monoisotopic (exact) mass is 373 g/mol. The van der Waals surface area contributed by atoms with Crippen LogP contribution in [0.25, 0.3) is 0 Å². The van der Waals surface area contributed by atoms with Crippen LogP contribution in [0, 0.1) is 0 Å². The summed E-state index contributed by atoms with van der Waals surface area (Å²) < 4.78 is 0. The van der Waals surface area contributed by atoms with Gasteiger partial charge in [-0.3, -0.25) is 9.59 Å². The molecule has 0 saturated heterocycles. The quantitative estimate of drug-likeness (QED) is 0.567. The molecule has 3 aromatic rings. The van der Waals surface area contributed by atoms with Gasteiger partial charge in [-0.05, 0) is 54.8 Å². The number of aromatic nitrogens is 1. The Kier molecular flexibility index (Phi) is 5.84. The molecule has 0 fully saturated rings. The zero-order valence-corrected chi connectivity index (χ0v) is 16.2. The van der Waals surface area contributed by atoms with Crippen LogP contribution in [0.3, 0.4) is 0 Å². The molecule has 1 aromatic heterocycles.